The number of anilines is 1. The molecule has 3 aliphatic heterocycles. The Labute approximate surface area is 243 Å². The standard InChI is InChI=1S/C32H37F3N6O/c1-20-8-5-3-4-6-13-41-29-24(14-26(30(41)42)31(18-36)11-12-31)28(37-19-38-29)39-21(2)23-9-7-10-25(27(23)33)32(34,35)15-22-16-40(20)17-22/h7,9-10,14,19-22H,3-6,8,11-13,15-17H2,1-2H3,(H,37,38,39)/t20?,21-/m1/s1. The minimum Gasteiger partial charge on any atom is -0.363 e. The Morgan fingerprint density at radius 1 is 1.07 bits per heavy atom. The van der Waals surface area contributed by atoms with Gasteiger partial charge in [0, 0.05) is 43.2 Å². The molecule has 1 N–H and O–H groups in total. The van der Waals surface area contributed by atoms with Gasteiger partial charge in [-0.1, -0.05) is 37.5 Å². The number of aromatic nitrogens is 3. The smallest absolute Gasteiger partial charge is 0.276 e. The summed E-state index contributed by atoms with van der Waals surface area (Å²) in [5.74, 6) is -4.02. The van der Waals surface area contributed by atoms with E-state index in [-0.39, 0.29) is 23.5 Å². The highest BCUT2D eigenvalue weighted by molar-refractivity contribution is 5.87. The third-order valence-electron chi connectivity index (χ3n) is 9.51. The van der Waals surface area contributed by atoms with Gasteiger partial charge in [0.2, 0.25) is 0 Å². The van der Waals surface area contributed by atoms with Crippen LogP contribution in [0.25, 0.3) is 11.0 Å². The summed E-state index contributed by atoms with van der Waals surface area (Å²) in [4.78, 5) is 24.8. The molecule has 0 spiro atoms. The fraction of sp³-hybridized carbons (Fsp3) is 0.562. The van der Waals surface area contributed by atoms with E-state index >= 15 is 13.2 Å². The molecule has 2 fully saturated rings. The van der Waals surface area contributed by atoms with E-state index in [1.807, 2.05) is 0 Å². The van der Waals surface area contributed by atoms with Gasteiger partial charge in [0.15, 0.2) is 0 Å². The maximum absolute atomic E-state index is 15.8. The van der Waals surface area contributed by atoms with Crippen molar-refractivity contribution in [2.75, 3.05) is 18.4 Å². The Morgan fingerprint density at radius 2 is 1.83 bits per heavy atom. The van der Waals surface area contributed by atoms with Gasteiger partial charge in [-0.3, -0.25) is 9.36 Å². The van der Waals surface area contributed by atoms with Crippen LogP contribution in [-0.4, -0.2) is 38.6 Å². The molecular formula is C32H37F3N6O. The molecule has 0 radical (unpaired) electrons. The number of halogens is 3. The second-order valence-corrected chi connectivity index (χ2v) is 12.5. The van der Waals surface area contributed by atoms with Gasteiger partial charge >= 0.3 is 0 Å². The van der Waals surface area contributed by atoms with Gasteiger partial charge in [0.05, 0.1) is 28.5 Å². The van der Waals surface area contributed by atoms with E-state index in [0.717, 1.165) is 32.1 Å². The monoisotopic (exact) mass is 578 g/mol. The van der Waals surface area contributed by atoms with Gasteiger partial charge in [-0.15, -0.1) is 0 Å². The normalized spacial score (nSPS) is 27.2. The van der Waals surface area contributed by atoms with Crippen molar-refractivity contribution in [1.29, 1.82) is 5.26 Å². The zero-order valence-electron chi connectivity index (χ0n) is 24.2. The van der Waals surface area contributed by atoms with Crippen LogP contribution in [0.5, 0.6) is 0 Å². The molecule has 10 heteroatoms. The Balaban J connectivity index is 1.42. The van der Waals surface area contributed by atoms with Crippen LogP contribution in [0.2, 0.25) is 0 Å². The number of alkyl halides is 2. The van der Waals surface area contributed by atoms with E-state index < -0.39 is 28.8 Å². The lowest BCUT2D eigenvalue weighted by molar-refractivity contribution is -0.0663. The van der Waals surface area contributed by atoms with Crippen molar-refractivity contribution >= 4 is 16.9 Å². The molecule has 42 heavy (non-hydrogen) atoms. The van der Waals surface area contributed by atoms with E-state index in [2.05, 4.69) is 33.2 Å². The quantitative estimate of drug-likeness (QED) is 0.358. The first-order valence-corrected chi connectivity index (χ1v) is 15.1. The molecule has 1 aliphatic carbocycles. The van der Waals surface area contributed by atoms with E-state index in [1.165, 1.54) is 24.5 Å². The number of hydrogen-bond acceptors (Lipinski definition) is 6. The number of nitrogens with one attached hydrogen (secondary N) is 1. The Morgan fingerprint density at radius 3 is 2.57 bits per heavy atom. The lowest BCUT2D eigenvalue weighted by atomic mass is 9.87. The number of aryl methyl sites for hydroxylation is 1. The molecule has 3 aromatic rings. The number of fused-ring (bicyclic) bond motifs is 8. The van der Waals surface area contributed by atoms with Crippen LogP contribution in [-0.2, 0) is 17.9 Å². The predicted octanol–water partition coefficient (Wildman–Crippen LogP) is 6.43. The first-order valence-electron chi connectivity index (χ1n) is 15.1. The van der Waals surface area contributed by atoms with E-state index in [1.54, 1.807) is 17.6 Å². The van der Waals surface area contributed by atoms with Crippen LogP contribution >= 0.6 is 0 Å². The van der Waals surface area contributed by atoms with Crippen molar-refractivity contribution in [3.05, 3.63) is 63.5 Å². The van der Waals surface area contributed by atoms with Gasteiger partial charge in [-0.25, -0.2) is 23.1 Å². The SMILES string of the molecule is CC1CCCCCCn2c(=O)c(C3(C#N)CC3)cc3c(ncnc32)N[C@H](C)c2cccc(c2F)C(F)(F)CC2CN1C2. The van der Waals surface area contributed by atoms with E-state index in [9.17, 15) is 10.1 Å². The third-order valence-corrected chi connectivity index (χ3v) is 9.51. The summed E-state index contributed by atoms with van der Waals surface area (Å²) < 4.78 is 48.4. The van der Waals surface area contributed by atoms with Crippen molar-refractivity contribution in [3.8, 4) is 6.07 Å². The van der Waals surface area contributed by atoms with E-state index in [0.29, 0.717) is 60.9 Å². The van der Waals surface area contributed by atoms with Crippen molar-refractivity contribution in [2.45, 2.75) is 95.2 Å². The molecule has 7 nitrogen and oxygen atoms in total. The van der Waals surface area contributed by atoms with Gasteiger partial charge in [0.1, 0.15) is 23.6 Å². The van der Waals surface area contributed by atoms with Crippen molar-refractivity contribution in [1.82, 2.24) is 19.4 Å². The summed E-state index contributed by atoms with van der Waals surface area (Å²) in [5, 5.41) is 13.7. The van der Waals surface area contributed by atoms with Crippen molar-refractivity contribution in [2.24, 2.45) is 5.92 Å². The number of pyridine rings is 1. The Hall–Kier alpha value is -3.45. The van der Waals surface area contributed by atoms with Crippen LogP contribution < -0.4 is 10.9 Å². The molecule has 7 rings (SSSR count). The van der Waals surface area contributed by atoms with Gasteiger partial charge in [0.25, 0.3) is 11.5 Å². The maximum atomic E-state index is 15.8. The fourth-order valence-corrected chi connectivity index (χ4v) is 6.68. The molecule has 1 saturated carbocycles. The molecule has 1 saturated heterocycles. The average Bonchev–Trinajstić information content (AvgIpc) is 3.74. The molecule has 8 bridgehead atoms. The highest BCUT2D eigenvalue weighted by Crippen LogP contribution is 2.47. The molecule has 2 atom stereocenters. The number of nitriles is 1. The second kappa shape index (κ2) is 11.0. The maximum Gasteiger partial charge on any atom is 0.276 e. The highest BCUT2D eigenvalue weighted by Gasteiger charge is 2.47. The van der Waals surface area contributed by atoms with Crippen molar-refractivity contribution in [3.63, 3.8) is 0 Å². The highest BCUT2D eigenvalue weighted by atomic mass is 19.3. The molecule has 222 valence electrons. The van der Waals surface area contributed by atoms with Crippen LogP contribution in [0, 0.1) is 23.1 Å². The average molecular weight is 579 g/mol. The van der Waals surface area contributed by atoms with Crippen LogP contribution in [0.4, 0.5) is 19.0 Å². The number of rotatable bonds is 1. The topological polar surface area (TPSA) is 86.8 Å². The second-order valence-electron chi connectivity index (χ2n) is 12.5. The molecule has 0 amide bonds. The molecule has 1 aromatic carbocycles. The number of benzene rings is 1. The molecule has 1 unspecified atom stereocenters. The van der Waals surface area contributed by atoms with Gasteiger partial charge in [-0.05, 0) is 51.5 Å². The predicted molar refractivity (Wildman–Crippen MR) is 155 cm³/mol. The summed E-state index contributed by atoms with van der Waals surface area (Å²) in [6, 6.07) is 7.79. The lowest BCUT2D eigenvalue weighted by Crippen LogP contribution is -2.52. The fourth-order valence-electron chi connectivity index (χ4n) is 6.68. The van der Waals surface area contributed by atoms with Crippen molar-refractivity contribution < 1.29 is 13.2 Å². The summed E-state index contributed by atoms with van der Waals surface area (Å²) in [5.41, 5.74) is -0.640. The van der Waals surface area contributed by atoms with Crippen LogP contribution in [0.15, 0.2) is 35.4 Å². The largest absolute Gasteiger partial charge is 0.363 e. The Kier molecular flexibility index (Phi) is 7.50. The first-order chi connectivity index (χ1) is 20.1. The summed E-state index contributed by atoms with van der Waals surface area (Å²) in [6.07, 6.45) is 6.90. The molecular weight excluding hydrogens is 541 g/mol. The van der Waals surface area contributed by atoms with Crippen LogP contribution in [0.3, 0.4) is 0 Å². The van der Waals surface area contributed by atoms with Crippen LogP contribution in [0.1, 0.15) is 87.9 Å². The summed E-state index contributed by atoms with van der Waals surface area (Å²) >= 11 is 0. The molecule has 2 aromatic heterocycles. The van der Waals surface area contributed by atoms with E-state index in [4.69, 9.17) is 0 Å². The Bertz CT molecular complexity index is 1590. The summed E-state index contributed by atoms with van der Waals surface area (Å²) in [6.45, 7) is 5.50. The minimum absolute atomic E-state index is 0.109. The molecule has 4 aliphatic rings. The first kappa shape index (κ1) is 28.7. The third kappa shape index (κ3) is 5.17. The lowest BCUT2D eigenvalue weighted by Gasteiger charge is -2.44. The minimum atomic E-state index is -3.29. The molecule has 5 heterocycles. The van der Waals surface area contributed by atoms with Gasteiger partial charge < -0.3 is 10.2 Å². The number of hydrogen-bond donors (Lipinski definition) is 1. The zero-order valence-corrected chi connectivity index (χ0v) is 24.2. The summed E-state index contributed by atoms with van der Waals surface area (Å²) in [7, 11) is 0. The zero-order chi connectivity index (χ0) is 29.6. The van der Waals surface area contributed by atoms with Gasteiger partial charge in [-0.2, -0.15) is 5.26 Å². The number of nitrogens with zero attached hydrogens (tertiary/aromatic N) is 5.